The van der Waals surface area contributed by atoms with Crippen molar-refractivity contribution in [1.29, 1.82) is 0 Å². The molecule has 2 heterocycles. The van der Waals surface area contributed by atoms with Crippen molar-refractivity contribution in [2.75, 3.05) is 0 Å². The highest BCUT2D eigenvalue weighted by atomic mass is 35.5. The highest BCUT2D eigenvalue weighted by Gasteiger charge is 1.98. The summed E-state index contributed by atoms with van der Waals surface area (Å²) < 4.78 is 2.14. The van der Waals surface area contributed by atoms with E-state index in [1.165, 1.54) is 11.2 Å². The Morgan fingerprint density at radius 1 is 1.25 bits per heavy atom. The summed E-state index contributed by atoms with van der Waals surface area (Å²) in [6, 6.07) is 4.20. The van der Waals surface area contributed by atoms with Crippen LogP contribution in [0.15, 0.2) is 24.5 Å². The molecule has 2 aromatic heterocycles. The fraction of sp³-hybridized carbons (Fsp3) is 0.222. The molecule has 0 atom stereocenters. The minimum absolute atomic E-state index is 0. The lowest BCUT2D eigenvalue weighted by Gasteiger charge is -1.98. The van der Waals surface area contributed by atoms with E-state index in [2.05, 4.69) is 28.4 Å². The Labute approximate surface area is 77.7 Å². The third-order valence-electron chi connectivity index (χ3n) is 1.98. The summed E-state index contributed by atoms with van der Waals surface area (Å²) in [6.45, 7) is 4.11. The van der Waals surface area contributed by atoms with Crippen LogP contribution in [-0.2, 0) is 0 Å². The lowest BCUT2D eigenvalue weighted by atomic mass is 10.4. The van der Waals surface area contributed by atoms with Crippen LogP contribution < -0.4 is 0 Å². The predicted octanol–water partition coefficient (Wildman–Crippen LogP) is 2.37. The number of rotatable bonds is 0. The van der Waals surface area contributed by atoms with E-state index >= 15 is 0 Å². The Kier molecular flexibility index (Phi) is 2.38. The highest BCUT2D eigenvalue weighted by Crippen LogP contribution is 2.10. The van der Waals surface area contributed by atoms with Gasteiger partial charge in [-0.15, -0.1) is 12.4 Å². The zero-order valence-corrected chi connectivity index (χ0v) is 7.93. The molecule has 0 radical (unpaired) electrons. The van der Waals surface area contributed by atoms with Crippen molar-refractivity contribution in [2.24, 2.45) is 0 Å². The molecule has 0 aliphatic rings. The monoisotopic (exact) mass is 182 g/mol. The topological polar surface area (TPSA) is 17.3 Å². The van der Waals surface area contributed by atoms with Gasteiger partial charge in [-0.05, 0) is 26.0 Å². The van der Waals surface area contributed by atoms with E-state index in [0.717, 1.165) is 5.69 Å². The van der Waals surface area contributed by atoms with Crippen LogP contribution in [0.5, 0.6) is 0 Å². The Morgan fingerprint density at radius 3 is 2.67 bits per heavy atom. The van der Waals surface area contributed by atoms with Crippen molar-refractivity contribution in [3.8, 4) is 0 Å². The van der Waals surface area contributed by atoms with Gasteiger partial charge >= 0.3 is 0 Å². The van der Waals surface area contributed by atoms with E-state index in [-0.39, 0.29) is 12.4 Å². The fourth-order valence-corrected chi connectivity index (χ4v) is 1.32. The van der Waals surface area contributed by atoms with Crippen molar-refractivity contribution in [3.05, 3.63) is 35.9 Å². The molecule has 0 N–H and O–H groups in total. The van der Waals surface area contributed by atoms with Crippen molar-refractivity contribution < 1.29 is 0 Å². The maximum atomic E-state index is 4.20. The Bertz CT molecular complexity index is 392. The molecule has 2 nitrogen and oxygen atoms in total. The van der Waals surface area contributed by atoms with Crippen molar-refractivity contribution >= 4 is 17.9 Å². The molecule has 2 aromatic rings. The minimum atomic E-state index is 0. The lowest BCUT2D eigenvalue weighted by Crippen LogP contribution is -1.90. The normalized spacial score (nSPS) is 9.83. The number of aromatic nitrogens is 2. The predicted molar refractivity (Wildman–Crippen MR) is 51.9 cm³/mol. The molecule has 0 aliphatic carbocycles. The van der Waals surface area contributed by atoms with Crippen LogP contribution in [0.2, 0.25) is 0 Å². The fourth-order valence-electron chi connectivity index (χ4n) is 1.32. The van der Waals surface area contributed by atoms with Crippen LogP contribution in [0.25, 0.3) is 5.52 Å². The number of halogens is 1. The molecule has 0 bridgehead atoms. The maximum Gasteiger partial charge on any atom is 0.0666 e. The van der Waals surface area contributed by atoms with Gasteiger partial charge in [-0.3, -0.25) is 4.98 Å². The summed E-state index contributed by atoms with van der Waals surface area (Å²) in [7, 11) is 0. The van der Waals surface area contributed by atoms with Crippen molar-refractivity contribution in [1.82, 2.24) is 9.38 Å². The van der Waals surface area contributed by atoms with E-state index in [9.17, 15) is 0 Å². The van der Waals surface area contributed by atoms with Gasteiger partial charge in [-0.1, -0.05) is 0 Å². The van der Waals surface area contributed by atoms with Crippen LogP contribution >= 0.6 is 12.4 Å². The molecule has 0 spiro atoms. The van der Waals surface area contributed by atoms with Crippen LogP contribution in [0.1, 0.15) is 11.4 Å². The van der Waals surface area contributed by atoms with Crippen LogP contribution in [-0.4, -0.2) is 9.38 Å². The summed E-state index contributed by atoms with van der Waals surface area (Å²) >= 11 is 0. The third kappa shape index (κ3) is 1.18. The van der Waals surface area contributed by atoms with E-state index in [0.29, 0.717) is 0 Å². The van der Waals surface area contributed by atoms with Gasteiger partial charge in [0.2, 0.25) is 0 Å². The van der Waals surface area contributed by atoms with Gasteiger partial charge in [0.15, 0.2) is 0 Å². The smallest absolute Gasteiger partial charge is 0.0666 e. The average molecular weight is 183 g/mol. The molecule has 12 heavy (non-hydrogen) atoms. The number of fused-ring (bicyclic) bond motifs is 1. The molecule has 0 amide bonds. The second-order valence-electron chi connectivity index (χ2n) is 2.74. The number of aryl methyl sites for hydroxylation is 2. The van der Waals surface area contributed by atoms with Gasteiger partial charge in [0.25, 0.3) is 0 Å². The summed E-state index contributed by atoms with van der Waals surface area (Å²) in [5, 5.41) is 0. The number of hydrogen-bond acceptors (Lipinski definition) is 1. The molecule has 2 rings (SSSR count). The Balaban J connectivity index is 0.000000720. The quantitative estimate of drug-likeness (QED) is 0.612. The van der Waals surface area contributed by atoms with E-state index in [1.807, 2.05) is 19.3 Å². The molecule has 0 unspecified atom stereocenters. The van der Waals surface area contributed by atoms with Gasteiger partial charge in [0.05, 0.1) is 11.2 Å². The van der Waals surface area contributed by atoms with Crippen molar-refractivity contribution in [3.63, 3.8) is 0 Å². The summed E-state index contributed by atoms with van der Waals surface area (Å²) in [4.78, 5) is 4.20. The first-order chi connectivity index (χ1) is 5.29. The van der Waals surface area contributed by atoms with Gasteiger partial charge < -0.3 is 4.40 Å². The Morgan fingerprint density at radius 2 is 2.00 bits per heavy atom. The van der Waals surface area contributed by atoms with E-state index in [4.69, 9.17) is 0 Å². The van der Waals surface area contributed by atoms with Gasteiger partial charge in [-0.25, -0.2) is 0 Å². The standard InChI is InChI=1S/C9H10N2.ClH/c1-7-3-4-9-8(2)10-5-6-11(7)9;/h3-6H,1-2H3;1H. The first kappa shape index (κ1) is 9.07. The summed E-state index contributed by atoms with van der Waals surface area (Å²) in [5.74, 6) is 0. The molecule has 0 fully saturated rings. The third-order valence-corrected chi connectivity index (χ3v) is 1.98. The van der Waals surface area contributed by atoms with Gasteiger partial charge in [0.1, 0.15) is 0 Å². The molecule has 0 saturated heterocycles. The van der Waals surface area contributed by atoms with Crippen LogP contribution in [0.3, 0.4) is 0 Å². The number of hydrogen-bond donors (Lipinski definition) is 0. The molecule has 0 aliphatic heterocycles. The summed E-state index contributed by atoms with van der Waals surface area (Å²) in [5.41, 5.74) is 3.54. The first-order valence-electron chi connectivity index (χ1n) is 3.68. The molecule has 0 saturated carbocycles. The molecular weight excluding hydrogens is 172 g/mol. The maximum absolute atomic E-state index is 4.20. The van der Waals surface area contributed by atoms with Gasteiger partial charge in [-0.2, -0.15) is 0 Å². The van der Waals surface area contributed by atoms with Crippen molar-refractivity contribution in [2.45, 2.75) is 13.8 Å². The summed E-state index contributed by atoms with van der Waals surface area (Å²) in [6.07, 6.45) is 3.81. The minimum Gasteiger partial charge on any atom is -0.318 e. The molecular formula is C9H11ClN2. The second kappa shape index (κ2) is 3.15. The first-order valence-corrected chi connectivity index (χ1v) is 3.68. The Hall–Kier alpha value is -1.02. The lowest BCUT2D eigenvalue weighted by molar-refractivity contribution is 1.05. The second-order valence-corrected chi connectivity index (χ2v) is 2.74. The highest BCUT2D eigenvalue weighted by molar-refractivity contribution is 5.85. The van der Waals surface area contributed by atoms with Crippen LogP contribution in [0.4, 0.5) is 0 Å². The van der Waals surface area contributed by atoms with Crippen LogP contribution in [0, 0.1) is 13.8 Å². The molecule has 64 valence electrons. The molecule has 0 aromatic carbocycles. The van der Waals surface area contributed by atoms with E-state index < -0.39 is 0 Å². The van der Waals surface area contributed by atoms with E-state index in [1.54, 1.807) is 0 Å². The number of nitrogens with zero attached hydrogens (tertiary/aromatic N) is 2. The zero-order valence-electron chi connectivity index (χ0n) is 7.11. The van der Waals surface area contributed by atoms with Gasteiger partial charge in [0, 0.05) is 18.1 Å². The largest absolute Gasteiger partial charge is 0.318 e. The SMILES string of the molecule is Cc1nccn2c(C)ccc12.Cl. The zero-order chi connectivity index (χ0) is 7.84. The average Bonchev–Trinajstić information content (AvgIpc) is 2.35. The molecule has 3 heteroatoms.